The smallest absolute Gasteiger partial charge is 0.420 e. The lowest BCUT2D eigenvalue weighted by Gasteiger charge is -2.35. The highest BCUT2D eigenvalue weighted by Crippen LogP contribution is 2.37. The van der Waals surface area contributed by atoms with Gasteiger partial charge < -0.3 is 14.2 Å². The van der Waals surface area contributed by atoms with Gasteiger partial charge in [-0.3, -0.25) is 14.2 Å². The van der Waals surface area contributed by atoms with Crippen molar-refractivity contribution in [2.24, 2.45) is 0 Å². The second kappa shape index (κ2) is 8.11. The summed E-state index contributed by atoms with van der Waals surface area (Å²) in [5.74, 6) is -0.504. The van der Waals surface area contributed by atoms with Gasteiger partial charge in [-0.25, -0.2) is 4.98 Å². The van der Waals surface area contributed by atoms with Crippen LogP contribution in [-0.2, 0) is 6.18 Å². The van der Waals surface area contributed by atoms with Crippen molar-refractivity contribution in [2.45, 2.75) is 6.18 Å². The number of fused-ring (bicyclic) bond motifs is 1. The molecule has 0 N–H and O–H groups in total. The number of pyridine rings is 2. The van der Waals surface area contributed by atoms with E-state index in [1.807, 2.05) is 12.1 Å². The van der Waals surface area contributed by atoms with Crippen LogP contribution in [0.3, 0.4) is 0 Å². The van der Waals surface area contributed by atoms with Gasteiger partial charge in [0.15, 0.2) is 11.3 Å². The maximum Gasteiger partial charge on any atom is 0.420 e. The van der Waals surface area contributed by atoms with Crippen molar-refractivity contribution in [1.82, 2.24) is 19.3 Å². The maximum atomic E-state index is 13.8. The van der Waals surface area contributed by atoms with Crippen LogP contribution in [0.15, 0.2) is 59.8 Å². The Kier molecular flexibility index (Phi) is 5.24. The van der Waals surface area contributed by atoms with Crippen molar-refractivity contribution >= 4 is 28.8 Å². The first-order valence-corrected chi connectivity index (χ1v) is 10.5. The Morgan fingerprint density at radius 1 is 1.06 bits per heavy atom. The van der Waals surface area contributed by atoms with Gasteiger partial charge in [0.2, 0.25) is 0 Å². The number of hydrogen-bond acceptors (Lipinski definition) is 5. The molecule has 1 aliphatic heterocycles. The van der Waals surface area contributed by atoms with Gasteiger partial charge in [-0.05, 0) is 24.3 Å². The summed E-state index contributed by atoms with van der Waals surface area (Å²) in [6, 6.07) is 6.28. The SMILES string of the molecule is O=C(c1nc2c(C(F)(F)F)cc(-c3ccoc3)cn2c1Cl)N1CCN(c2ccncc2)CC1. The minimum absolute atomic E-state index is 0.164. The molecule has 1 aliphatic rings. The van der Waals surface area contributed by atoms with Crippen LogP contribution in [0, 0.1) is 0 Å². The molecule has 0 saturated carbocycles. The largest absolute Gasteiger partial charge is 0.472 e. The summed E-state index contributed by atoms with van der Waals surface area (Å²) < 4.78 is 47.5. The molecule has 0 aromatic carbocycles. The summed E-state index contributed by atoms with van der Waals surface area (Å²) in [4.78, 5) is 24.8. The minimum atomic E-state index is -4.69. The van der Waals surface area contributed by atoms with Crippen molar-refractivity contribution < 1.29 is 22.4 Å². The molecule has 33 heavy (non-hydrogen) atoms. The lowest BCUT2D eigenvalue weighted by atomic mass is 10.1. The van der Waals surface area contributed by atoms with E-state index in [1.54, 1.807) is 23.4 Å². The molecule has 1 saturated heterocycles. The quantitative estimate of drug-likeness (QED) is 0.432. The fraction of sp³-hybridized carbons (Fsp3) is 0.227. The number of halogens is 4. The van der Waals surface area contributed by atoms with E-state index in [0.717, 1.165) is 16.2 Å². The highest BCUT2D eigenvalue weighted by molar-refractivity contribution is 6.33. The molecule has 0 aliphatic carbocycles. The summed E-state index contributed by atoms with van der Waals surface area (Å²) in [6.07, 6.45) is 2.82. The number of carbonyl (C=O) groups excluding carboxylic acids is 1. The van der Waals surface area contributed by atoms with Gasteiger partial charge in [-0.15, -0.1) is 0 Å². The lowest BCUT2D eigenvalue weighted by Crippen LogP contribution is -2.49. The van der Waals surface area contributed by atoms with E-state index >= 15 is 0 Å². The van der Waals surface area contributed by atoms with Gasteiger partial charge in [0, 0.05) is 61.6 Å². The fourth-order valence-corrected chi connectivity index (χ4v) is 4.17. The number of alkyl halides is 3. The Hall–Kier alpha value is -3.53. The Morgan fingerprint density at radius 3 is 2.42 bits per heavy atom. The van der Waals surface area contributed by atoms with E-state index in [9.17, 15) is 18.0 Å². The van der Waals surface area contributed by atoms with Gasteiger partial charge >= 0.3 is 6.18 Å². The normalized spacial score (nSPS) is 14.8. The van der Waals surface area contributed by atoms with Crippen LogP contribution in [0.5, 0.6) is 0 Å². The highest BCUT2D eigenvalue weighted by Gasteiger charge is 2.37. The second-order valence-corrected chi connectivity index (χ2v) is 7.94. The van der Waals surface area contributed by atoms with Crippen molar-refractivity contribution in [2.75, 3.05) is 31.1 Å². The molecule has 5 rings (SSSR count). The molecule has 4 aromatic heterocycles. The molecule has 0 unspecified atom stereocenters. The monoisotopic (exact) mass is 475 g/mol. The standard InChI is InChI=1S/C22H17ClF3N5O2/c23-19-18(21(32)30-8-6-29(7-9-30)16-1-4-27-5-2-16)28-20-17(22(24,25)26)11-15(12-31(19)20)14-3-10-33-13-14/h1-5,10-13H,6-9H2. The fourth-order valence-electron chi connectivity index (χ4n) is 3.92. The molecule has 1 amide bonds. The first-order valence-electron chi connectivity index (χ1n) is 10.1. The zero-order valence-electron chi connectivity index (χ0n) is 17.1. The number of imidazole rings is 1. The molecule has 11 heteroatoms. The predicted molar refractivity (Wildman–Crippen MR) is 115 cm³/mol. The number of aromatic nitrogens is 3. The first kappa shape index (κ1) is 21.3. The average molecular weight is 476 g/mol. The molecule has 1 fully saturated rings. The number of furan rings is 1. The number of rotatable bonds is 3. The molecule has 170 valence electrons. The Morgan fingerprint density at radius 2 is 1.79 bits per heavy atom. The van der Waals surface area contributed by atoms with Crippen LogP contribution in [-0.4, -0.2) is 51.4 Å². The van der Waals surface area contributed by atoms with Crippen LogP contribution < -0.4 is 4.90 Å². The second-order valence-electron chi connectivity index (χ2n) is 7.58. The van der Waals surface area contributed by atoms with Crippen molar-refractivity contribution in [3.8, 4) is 11.1 Å². The molecule has 5 heterocycles. The lowest BCUT2D eigenvalue weighted by molar-refractivity contribution is -0.136. The van der Waals surface area contributed by atoms with E-state index in [2.05, 4.69) is 14.9 Å². The third kappa shape index (κ3) is 3.91. The molecule has 0 spiro atoms. The Balaban J connectivity index is 1.47. The van der Waals surface area contributed by atoms with Crippen LogP contribution in [0.1, 0.15) is 16.1 Å². The van der Waals surface area contributed by atoms with Gasteiger partial charge in [0.1, 0.15) is 5.15 Å². The highest BCUT2D eigenvalue weighted by atomic mass is 35.5. The van der Waals surface area contributed by atoms with Gasteiger partial charge in [0.25, 0.3) is 5.91 Å². The van der Waals surface area contributed by atoms with E-state index in [0.29, 0.717) is 31.7 Å². The number of nitrogens with zero attached hydrogens (tertiary/aromatic N) is 5. The van der Waals surface area contributed by atoms with E-state index in [4.69, 9.17) is 16.0 Å². The van der Waals surface area contributed by atoms with Gasteiger partial charge in [-0.2, -0.15) is 13.2 Å². The average Bonchev–Trinajstić information content (AvgIpc) is 3.47. The summed E-state index contributed by atoms with van der Waals surface area (Å²) in [5, 5.41) is -0.164. The van der Waals surface area contributed by atoms with Crippen LogP contribution in [0.4, 0.5) is 18.9 Å². The van der Waals surface area contributed by atoms with E-state index in [-0.39, 0.29) is 16.4 Å². The molecule has 4 aromatic rings. The predicted octanol–water partition coefficient (Wildman–Crippen LogP) is 4.62. The molecule has 0 bridgehead atoms. The number of anilines is 1. The molecular formula is C22H17ClF3N5O2. The zero-order valence-corrected chi connectivity index (χ0v) is 17.8. The summed E-state index contributed by atoms with van der Waals surface area (Å²) in [6.45, 7) is 1.91. The summed E-state index contributed by atoms with van der Waals surface area (Å²) >= 11 is 6.40. The van der Waals surface area contributed by atoms with Crippen LogP contribution in [0.25, 0.3) is 16.8 Å². The number of amides is 1. The summed E-state index contributed by atoms with van der Waals surface area (Å²) in [5.41, 5.74) is 0.0802. The molecule has 0 radical (unpaired) electrons. The Bertz CT molecular complexity index is 1300. The van der Waals surface area contributed by atoms with Crippen molar-refractivity contribution in [1.29, 1.82) is 0 Å². The number of hydrogen-bond donors (Lipinski definition) is 0. The molecule has 0 atom stereocenters. The van der Waals surface area contributed by atoms with Crippen molar-refractivity contribution in [3.05, 3.63) is 71.8 Å². The van der Waals surface area contributed by atoms with Gasteiger partial charge in [0.05, 0.1) is 18.1 Å². The minimum Gasteiger partial charge on any atom is -0.472 e. The third-order valence-electron chi connectivity index (χ3n) is 5.62. The number of carbonyl (C=O) groups is 1. The summed E-state index contributed by atoms with van der Waals surface area (Å²) in [7, 11) is 0. The maximum absolute atomic E-state index is 13.8. The zero-order chi connectivity index (χ0) is 23.2. The van der Waals surface area contributed by atoms with Gasteiger partial charge in [-0.1, -0.05) is 11.6 Å². The first-order chi connectivity index (χ1) is 15.8. The van der Waals surface area contributed by atoms with E-state index in [1.165, 1.54) is 18.7 Å². The van der Waals surface area contributed by atoms with E-state index < -0.39 is 23.3 Å². The Labute approximate surface area is 191 Å². The van der Waals surface area contributed by atoms with Crippen molar-refractivity contribution in [3.63, 3.8) is 0 Å². The third-order valence-corrected chi connectivity index (χ3v) is 5.98. The van der Waals surface area contributed by atoms with Crippen LogP contribution in [0.2, 0.25) is 5.15 Å². The molecule has 7 nitrogen and oxygen atoms in total. The molecular weight excluding hydrogens is 459 g/mol. The van der Waals surface area contributed by atoms with Crippen LogP contribution >= 0.6 is 11.6 Å². The number of piperazine rings is 1. The topological polar surface area (TPSA) is 66.9 Å².